The summed E-state index contributed by atoms with van der Waals surface area (Å²) in [6.45, 7) is 2.26. The molecule has 5 rings (SSSR count). The van der Waals surface area contributed by atoms with Crippen molar-refractivity contribution in [1.82, 2.24) is 0 Å². The average molecular weight is 384 g/mol. The number of rotatable bonds is 3. The van der Waals surface area contributed by atoms with Crippen LogP contribution in [0.1, 0.15) is 35.4 Å². The molecule has 2 aliphatic carbocycles. The quantitative estimate of drug-likeness (QED) is 0.575. The number of fused-ring (bicyclic) bond motifs is 6. The van der Waals surface area contributed by atoms with Crippen LogP contribution >= 0.6 is 0 Å². The van der Waals surface area contributed by atoms with Gasteiger partial charge in [0.25, 0.3) is 0 Å². The van der Waals surface area contributed by atoms with Crippen molar-refractivity contribution in [1.29, 1.82) is 0 Å². The molecule has 0 bridgehead atoms. The summed E-state index contributed by atoms with van der Waals surface area (Å²) in [7, 11) is 3.17. The molecule has 1 fully saturated rings. The van der Waals surface area contributed by atoms with Crippen molar-refractivity contribution in [2.75, 3.05) is 14.2 Å². The van der Waals surface area contributed by atoms with Gasteiger partial charge in [-0.05, 0) is 45.9 Å². The zero-order valence-corrected chi connectivity index (χ0v) is 16.9. The zero-order valence-electron chi connectivity index (χ0n) is 16.9. The summed E-state index contributed by atoms with van der Waals surface area (Å²) in [5, 5.41) is 0. The van der Waals surface area contributed by atoms with Crippen molar-refractivity contribution >= 4 is 5.97 Å². The molecule has 0 spiro atoms. The van der Waals surface area contributed by atoms with E-state index in [4.69, 9.17) is 9.47 Å². The van der Waals surface area contributed by atoms with Gasteiger partial charge in [0.05, 0.1) is 14.2 Å². The minimum Gasteiger partial charge on any atom is -0.497 e. The molecule has 1 saturated carbocycles. The van der Waals surface area contributed by atoms with Gasteiger partial charge in [-0.3, -0.25) is 4.79 Å². The minimum atomic E-state index is -0.715. The molecule has 29 heavy (non-hydrogen) atoms. The van der Waals surface area contributed by atoms with Crippen molar-refractivity contribution in [3.63, 3.8) is 0 Å². The fourth-order valence-corrected chi connectivity index (χ4v) is 5.96. The molecule has 3 heteroatoms. The normalized spacial score (nSPS) is 26.4. The van der Waals surface area contributed by atoms with E-state index in [1.807, 2.05) is 24.3 Å². The Labute approximate surface area is 171 Å². The Bertz CT molecular complexity index is 1090. The third kappa shape index (κ3) is 2.21. The van der Waals surface area contributed by atoms with Gasteiger partial charge >= 0.3 is 5.97 Å². The number of carbonyl (C=O) groups is 1. The molecule has 3 aromatic carbocycles. The Balaban J connectivity index is 1.78. The number of hydrogen-bond acceptors (Lipinski definition) is 3. The molecule has 0 radical (unpaired) electrons. The van der Waals surface area contributed by atoms with Gasteiger partial charge in [-0.25, -0.2) is 0 Å². The van der Waals surface area contributed by atoms with Gasteiger partial charge in [0, 0.05) is 11.8 Å². The summed E-state index contributed by atoms with van der Waals surface area (Å²) < 4.78 is 10.8. The lowest BCUT2D eigenvalue weighted by Gasteiger charge is -2.61. The van der Waals surface area contributed by atoms with Crippen LogP contribution in [0.3, 0.4) is 0 Å². The lowest BCUT2D eigenvalue weighted by molar-refractivity contribution is -0.158. The summed E-state index contributed by atoms with van der Waals surface area (Å²) in [5.41, 5.74) is 5.12. The number of carbonyl (C=O) groups excluding carboxylic acids is 1. The van der Waals surface area contributed by atoms with Crippen LogP contribution in [0.2, 0.25) is 0 Å². The third-order valence-corrected chi connectivity index (χ3v) is 6.99. The van der Waals surface area contributed by atoms with Gasteiger partial charge in [-0.15, -0.1) is 0 Å². The third-order valence-electron chi connectivity index (χ3n) is 6.99. The molecule has 0 heterocycles. The van der Waals surface area contributed by atoms with E-state index in [2.05, 4.69) is 55.5 Å². The second kappa shape index (κ2) is 6.48. The van der Waals surface area contributed by atoms with Crippen LogP contribution in [-0.2, 0) is 14.9 Å². The van der Waals surface area contributed by atoms with Crippen molar-refractivity contribution < 1.29 is 14.3 Å². The van der Waals surface area contributed by atoms with Gasteiger partial charge < -0.3 is 9.47 Å². The van der Waals surface area contributed by atoms with Gasteiger partial charge in [0.2, 0.25) is 0 Å². The number of hydrogen-bond donors (Lipinski definition) is 0. The second-order valence-corrected chi connectivity index (χ2v) is 8.08. The van der Waals surface area contributed by atoms with Gasteiger partial charge in [-0.1, -0.05) is 67.6 Å². The van der Waals surface area contributed by atoms with Crippen molar-refractivity contribution in [3.8, 4) is 16.9 Å². The molecule has 3 nitrogen and oxygen atoms in total. The topological polar surface area (TPSA) is 35.5 Å². The first kappa shape index (κ1) is 18.0. The minimum absolute atomic E-state index is 0.0420. The Morgan fingerprint density at radius 2 is 1.48 bits per heavy atom. The Morgan fingerprint density at radius 1 is 0.828 bits per heavy atom. The first-order valence-electron chi connectivity index (χ1n) is 10.1. The standard InChI is InChI=1S/C26H24O3/c1-16-23(17-12-14-18(28-2)15-13-17)26(25(27)29-3)22-11-7-6-9-20(22)19-8-4-5-10-21(19)24(16)26/h4-16,23-24H,1-3H3/t16-,23+,24?,26+/m1/s1. The molecular formula is C26H24O3. The molecule has 0 aromatic heterocycles. The maximum atomic E-state index is 13.5. The van der Waals surface area contributed by atoms with Crippen LogP contribution in [0.4, 0.5) is 0 Å². The van der Waals surface area contributed by atoms with E-state index in [0.29, 0.717) is 5.92 Å². The van der Waals surface area contributed by atoms with Gasteiger partial charge in [0.15, 0.2) is 0 Å². The highest BCUT2D eigenvalue weighted by Crippen LogP contribution is 2.70. The molecule has 2 aliphatic rings. The van der Waals surface area contributed by atoms with Crippen molar-refractivity contribution in [2.45, 2.75) is 24.2 Å². The number of ether oxygens (including phenoxy) is 2. The molecule has 3 aromatic rings. The molecule has 0 amide bonds. The van der Waals surface area contributed by atoms with Crippen LogP contribution in [0, 0.1) is 5.92 Å². The Kier molecular flexibility index (Phi) is 4.02. The largest absolute Gasteiger partial charge is 0.497 e. The highest BCUT2D eigenvalue weighted by molar-refractivity contribution is 5.95. The maximum Gasteiger partial charge on any atom is 0.317 e. The molecule has 1 unspecified atom stereocenters. The van der Waals surface area contributed by atoms with E-state index in [9.17, 15) is 4.79 Å². The highest BCUT2D eigenvalue weighted by Gasteiger charge is 2.69. The Hall–Kier alpha value is -3.07. The fraction of sp³-hybridized carbons (Fsp3) is 0.269. The zero-order chi connectivity index (χ0) is 20.2. The summed E-state index contributed by atoms with van der Waals surface area (Å²) in [6, 6.07) is 24.9. The van der Waals surface area contributed by atoms with Crippen molar-refractivity contribution in [2.24, 2.45) is 5.92 Å². The lowest BCUT2D eigenvalue weighted by atomic mass is 9.39. The first-order valence-corrected chi connectivity index (χ1v) is 10.1. The van der Waals surface area contributed by atoms with E-state index in [-0.39, 0.29) is 17.8 Å². The predicted molar refractivity (Wildman–Crippen MR) is 113 cm³/mol. The monoisotopic (exact) mass is 384 g/mol. The molecule has 0 N–H and O–H groups in total. The smallest absolute Gasteiger partial charge is 0.317 e. The number of esters is 1. The second-order valence-electron chi connectivity index (χ2n) is 8.08. The fourth-order valence-electron chi connectivity index (χ4n) is 5.96. The Morgan fingerprint density at radius 3 is 2.17 bits per heavy atom. The highest BCUT2D eigenvalue weighted by atomic mass is 16.5. The van der Waals surface area contributed by atoms with E-state index in [1.54, 1.807) is 7.11 Å². The molecular weight excluding hydrogens is 360 g/mol. The van der Waals surface area contributed by atoms with E-state index in [1.165, 1.54) is 18.2 Å². The molecule has 0 aliphatic heterocycles. The van der Waals surface area contributed by atoms with Gasteiger partial charge in [0.1, 0.15) is 11.2 Å². The van der Waals surface area contributed by atoms with Crippen molar-refractivity contribution in [3.05, 3.63) is 89.5 Å². The summed E-state index contributed by atoms with van der Waals surface area (Å²) in [5.74, 6) is 1.10. The number of benzene rings is 3. The van der Waals surface area contributed by atoms with Crippen LogP contribution in [0.15, 0.2) is 72.8 Å². The maximum absolute atomic E-state index is 13.5. The van der Waals surface area contributed by atoms with Crippen LogP contribution in [0.25, 0.3) is 11.1 Å². The van der Waals surface area contributed by atoms with Crippen LogP contribution in [-0.4, -0.2) is 20.2 Å². The summed E-state index contributed by atoms with van der Waals surface area (Å²) in [6.07, 6.45) is 0. The average Bonchev–Trinajstić information content (AvgIpc) is 2.77. The number of methoxy groups -OCH3 is 2. The van der Waals surface area contributed by atoms with Crippen LogP contribution in [0.5, 0.6) is 5.75 Å². The van der Waals surface area contributed by atoms with E-state index < -0.39 is 5.41 Å². The summed E-state index contributed by atoms with van der Waals surface area (Å²) >= 11 is 0. The van der Waals surface area contributed by atoms with E-state index in [0.717, 1.165) is 22.4 Å². The first-order chi connectivity index (χ1) is 14.1. The molecule has 4 atom stereocenters. The molecule has 146 valence electrons. The predicted octanol–water partition coefficient (Wildman–Crippen LogP) is 5.30. The van der Waals surface area contributed by atoms with E-state index >= 15 is 0 Å². The molecule has 0 saturated heterocycles. The SMILES string of the molecule is COC(=O)[C@]12c3ccccc3-c3ccccc3C1[C@H](C)[C@H]2c1ccc(OC)cc1. The summed E-state index contributed by atoms with van der Waals surface area (Å²) in [4.78, 5) is 13.5. The lowest BCUT2D eigenvalue weighted by Crippen LogP contribution is -2.62. The van der Waals surface area contributed by atoms with Gasteiger partial charge in [-0.2, -0.15) is 0 Å². The van der Waals surface area contributed by atoms with Crippen LogP contribution < -0.4 is 4.74 Å².